The minimum atomic E-state index is -0.244. The van der Waals surface area contributed by atoms with Gasteiger partial charge < -0.3 is 19.3 Å². The van der Waals surface area contributed by atoms with Crippen LogP contribution in [0.2, 0.25) is 5.02 Å². The predicted molar refractivity (Wildman–Crippen MR) is 116 cm³/mol. The first kappa shape index (κ1) is 20.4. The zero-order chi connectivity index (χ0) is 21.1. The lowest BCUT2D eigenvalue weighted by atomic mass is 10.1. The molecule has 8 heteroatoms. The minimum Gasteiger partial charge on any atom is -0.497 e. The first-order chi connectivity index (χ1) is 14.5. The molecule has 0 bridgehead atoms. The van der Waals surface area contributed by atoms with E-state index in [1.807, 2.05) is 35.2 Å². The number of carbonyl (C=O) groups excluding carboxylic acids is 1. The van der Waals surface area contributed by atoms with Crippen LogP contribution in [-0.2, 0) is 11.3 Å². The summed E-state index contributed by atoms with van der Waals surface area (Å²) in [5, 5.41) is 2.42. The van der Waals surface area contributed by atoms with Gasteiger partial charge in [-0.15, -0.1) is 0 Å². The number of hydrogen-bond donors (Lipinski definition) is 0. The van der Waals surface area contributed by atoms with Crippen molar-refractivity contribution < 1.29 is 14.3 Å². The Bertz CT molecular complexity index is 1070. The zero-order valence-electron chi connectivity index (χ0n) is 17.0. The third-order valence-electron chi connectivity index (χ3n) is 5.11. The van der Waals surface area contributed by atoms with Crippen LogP contribution in [0.25, 0.3) is 10.8 Å². The average molecular weight is 427 g/mol. The smallest absolute Gasteiger partial charge is 0.274 e. The van der Waals surface area contributed by atoms with Gasteiger partial charge in [0, 0.05) is 26.7 Å². The fourth-order valence-electron chi connectivity index (χ4n) is 3.45. The van der Waals surface area contributed by atoms with E-state index in [0.717, 1.165) is 22.1 Å². The molecule has 1 aromatic heterocycles. The van der Waals surface area contributed by atoms with E-state index in [9.17, 15) is 4.79 Å². The van der Waals surface area contributed by atoms with Gasteiger partial charge in [0.25, 0.3) is 5.91 Å². The summed E-state index contributed by atoms with van der Waals surface area (Å²) in [6.45, 7) is 3.04. The molecule has 4 rings (SSSR count). The molecule has 0 unspecified atom stereocenters. The molecule has 0 spiro atoms. The van der Waals surface area contributed by atoms with Crippen LogP contribution in [0.15, 0.2) is 42.6 Å². The minimum absolute atomic E-state index is 0.209. The van der Waals surface area contributed by atoms with E-state index in [2.05, 4.69) is 16.0 Å². The van der Waals surface area contributed by atoms with Crippen LogP contribution in [0.3, 0.4) is 0 Å². The Balaban J connectivity index is 1.52. The molecule has 30 heavy (non-hydrogen) atoms. The third kappa shape index (κ3) is 4.32. The number of carbonyl (C=O) groups is 1. The number of aromatic nitrogens is 2. The molecule has 1 fully saturated rings. The molecular formula is C22H23ClN4O3. The molecule has 1 aliphatic heterocycles. The van der Waals surface area contributed by atoms with E-state index in [0.29, 0.717) is 38.8 Å². The van der Waals surface area contributed by atoms with Crippen molar-refractivity contribution in [3.8, 4) is 5.75 Å². The van der Waals surface area contributed by atoms with Gasteiger partial charge in [-0.2, -0.15) is 0 Å². The van der Waals surface area contributed by atoms with Gasteiger partial charge >= 0.3 is 0 Å². The Kier molecular flexibility index (Phi) is 6.01. The highest BCUT2D eigenvalue weighted by Gasteiger charge is 2.21. The van der Waals surface area contributed by atoms with Gasteiger partial charge in [-0.3, -0.25) is 4.79 Å². The number of benzene rings is 2. The van der Waals surface area contributed by atoms with Crippen LogP contribution in [-0.4, -0.2) is 61.2 Å². The molecule has 0 atom stereocenters. The Hall–Kier alpha value is -2.90. The lowest BCUT2D eigenvalue weighted by Crippen LogP contribution is -2.38. The van der Waals surface area contributed by atoms with Crippen molar-refractivity contribution in [2.75, 3.05) is 45.4 Å². The van der Waals surface area contributed by atoms with Crippen molar-refractivity contribution in [2.24, 2.45) is 0 Å². The van der Waals surface area contributed by atoms with Gasteiger partial charge in [-0.05, 0) is 34.5 Å². The summed E-state index contributed by atoms with van der Waals surface area (Å²) in [6, 6.07) is 12.0. The number of nitrogens with zero attached hydrogens (tertiary/aromatic N) is 4. The largest absolute Gasteiger partial charge is 0.497 e. The molecule has 7 nitrogen and oxygen atoms in total. The topological polar surface area (TPSA) is 67.8 Å². The van der Waals surface area contributed by atoms with Gasteiger partial charge in [-0.1, -0.05) is 29.8 Å². The molecule has 0 saturated carbocycles. The van der Waals surface area contributed by atoms with Crippen LogP contribution >= 0.6 is 11.6 Å². The second kappa shape index (κ2) is 8.85. The maximum atomic E-state index is 13.0. The summed E-state index contributed by atoms with van der Waals surface area (Å²) in [5.74, 6) is 1.07. The summed E-state index contributed by atoms with van der Waals surface area (Å²) < 4.78 is 10.6. The van der Waals surface area contributed by atoms with Crippen molar-refractivity contribution in [3.63, 3.8) is 0 Å². The molecule has 1 aliphatic rings. The molecule has 0 N–H and O–H groups in total. The van der Waals surface area contributed by atoms with Crippen LogP contribution in [0.1, 0.15) is 16.1 Å². The quantitative estimate of drug-likeness (QED) is 0.623. The van der Waals surface area contributed by atoms with Crippen LogP contribution in [0, 0.1) is 0 Å². The van der Waals surface area contributed by atoms with E-state index < -0.39 is 0 Å². The number of anilines is 1. The van der Waals surface area contributed by atoms with E-state index in [1.165, 1.54) is 6.20 Å². The highest BCUT2D eigenvalue weighted by atomic mass is 35.5. The van der Waals surface area contributed by atoms with E-state index in [4.69, 9.17) is 21.1 Å². The van der Waals surface area contributed by atoms with Crippen molar-refractivity contribution in [1.82, 2.24) is 14.9 Å². The van der Waals surface area contributed by atoms with E-state index >= 15 is 0 Å². The third-order valence-corrected chi connectivity index (χ3v) is 5.38. The Labute approximate surface area is 180 Å². The molecule has 1 amide bonds. The standard InChI is InChI=1S/C22H23ClN4O3/c1-26(14-15-3-4-17-12-18(29-2)6-5-16(17)11-15)21(28)20-19(23)13-24-22(25-20)27-7-9-30-10-8-27/h3-6,11-13H,7-10,14H2,1-2H3. The number of morpholine rings is 1. The second-order valence-corrected chi connectivity index (χ2v) is 7.58. The maximum Gasteiger partial charge on any atom is 0.274 e. The van der Waals surface area contributed by atoms with Gasteiger partial charge in [0.2, 0.25) is 5.95 Å². The number of fused-ring (bicyclic) bond motifs is 1. The Morgan fingerprint density at radius 2 is 1.93 bits per heavy atom. The lowest BCUT2D eigenvalue weighted by molar-refractivity contribution is 0.0779. The SMILES string of the molecule is COc1ccc2cc(CN(C)C(=O)c3nc(N4CCOCC4)ncc3Cl)ccc2c1. The summed E-state index contributed by atoms with van der Waals surface area (Å²) in [5.41, 5.74) is 1.23. The normalized spacial score (nSPS) is 14.0. The summed E-state index contributed by atoms with van der Waals surface area (Å²) in [4.78, 5) is 25.4. The van der Waals surface area contributed by atoms with Crippen molar-refractivity contribution in [1.29, 1.82) is 0 Å². The van der Waals surface area contributed by atoms with Gasteiger partial charge in [0.05, 0.1) is 31.5 Å². The molecule has 156 valence electrons. The van der Waals surface area contributed by atoms with Crippen LogP contribution in [0.4, 0.5) is 5.95 Å². The van der Waals surface area contributed by atoms with E-state index in [1.54, 1.807) is 19.1 Å². The van der Waals surface area contributed by atoms with Crippen LogP contribution in [0.5, 0.6) is 5.75 Å². The molecule has 0 aliphatic carbocycles. The molecule has 2 heterocycles. The number of rotatable bonds is 5. The second-order valence-electron chi connectivity index (χ2n) is 7.17. The number of hydrogen-bond acceptors (Lipinski definition) is 6. The van der Waals surface area contributed by atoms with Gasteiger partial charge in [-0.25, -0.2) is 9.97 Å². The number of halogens is 1. The molecular weight excluding hydrogens is 404 g/mol. The fraction of sp³-hybridized carbons (Fsp3) is 0.318. The Morgan fingerprint density at radius 3 is 2.70 bits per heavy atom. The first-order valence-corrected chi connectivity index (χ1v) is 10.1. The number of methoxy groups -OCH3 is 1. The molecule has 0 radical (unpaired) electrons. The molecule has 1 saturated heterocycles. The van der Waals surface area contributed by atoms with Gasteiger partial charge in [0.15, 0.2) is 5.69 Å². The average Bonchev–Trinajstić information content (AvgIpc) is 2.79. The summed E-state index contributed by atoms with van der Waals surface area (Å²) >= 11 is 6.26. The Morgan fingerprint density at radius 1 is 1.20 bits per heavy atom. The number of ether oxygens (including phenoxy) is 2. The van der Waals surface area contributed by atoms with Gasteiger partial charge in [0.1, 0.15) is 5.75 Å². The fourth-order valence-corrected chi connectivity index (χ4v) is 3.62. The van der Waals surface area contributed by atoms with E-state index in [-0.39, 0.29) is 16.6 Å². The first-order valence-electron chi connectivity index (χ1n) is 9.72. The maximum absolute atomic E-state index is 13.0. The highest BCUT2D eigenvalue weighted by Crippen LogP contribution is 2.23. The monoisotopic (exact) mass is 426 g/mol. The van der Waals surface area contributed by atoms with Crippen molar-refractivity contribution in [2.45, 2.75) is 6.54 Å². The highest BCUT2D eigenvalue weighted by molar-refractivity contribution is 6.33. The predicted octanol–water partition coefficient (Wildman–Crippen LogP) is 3.40. The number of amides is 1. The molecule has 3 aromatic rings. The lowest BCUT2D eigenvalue weighted by Gasteiger charge is -2.27. The van der Waals surface area contributed by atoms with Crippen LogP contribution < -0.4 is 9.64 Å². The zero-order valence-corrected chi connectivity index (χ0v) is 17.7. The summed E-state index contributed by atoms with van der Waals surface area (Å²) in [7, 11) is 3.40. The summed E-state index contributed by atoms with van der Waals surface area (Å²) in [6.07, 6.45) is 1.49. The molecule has 2 aromatic carbocycles. The van der Waals surface area contributed by atoms with Crippen molar-refractivity contribution >= 4 is 34.2 Å². The van der Waals surface area contributed by atoms with Crippen molar-refractivity contribution in [3.05, 3.63) is 58.9 Å².